The second kappa shape index (κ2) is 11.7. The number of amides is 1. The van der Waals surface area contributed by atoms with Crippen LogP contribution in [0.4, 0.5) is 5.69 Å². The van der Waals surface area contributed by atoms with Gasteiger partial charge in [-0.3, -0.25) is 14.4 Å². The lowest BCUT2D eigenvalue weighted by Gasteiger charge is -2.09. The average Bonchev–Trinajstić information content (AvgIpc) is 3.34. The van der Waals surface area contributed by atoms with E-state index in [1.54, 1.807) is 73.2 Å². The zero-order valence-electron chi connectivity index (χ0n) is 17.5. The molecule has 0 atom stereocenters. The third-order valence-corrected chi connectivity index (χ3v) is 5.29. The lowest BCUT2D eigenvalue weighted by Crippen LogP contribution is -2.15. The van der Waals surface area contributed by atoms with Crippen molar-refractivity contribution < 1.29 is 28.6 Å². The van der Waals surface area contributed by atoms with Gasteiger partial charge in [-0.2, -0.15) is 0 Å². The van der Waals surface area contributed by atoms with Crippen LogP contribution in [0, 0.1) is 0 Å². The minimum absolute atomic E-state index is 0.0692. The van der Waals surface area contributed by atoms with Crippen molar-refractivity contribution in [3.05, 3.63) is 70.9 Å². The molecule has 0 spiro atoms. The third-order valence-electron chi connectivity index (χ3n) is 4.38. The number of ketones is 1. The van der Waals surface area contributed by atoms with E-state index >= 15 is 0 Å². The molecule has 0 fully saturated rings. The van der Waals surface area contributed by atoms with E-state index in [1.165, 1.54) is 11.3 Å². The summed E-state index contributed by atoms with van der Waals surface area (Å²) < 4.78 is 15.8. The molecule has 0 saturated heterocycles. The van der Waals surface area contributed by atoms with E-state index in [4.69, 9.17) is 14.2 Å². The number of Topliss-reactive ketones (excluding diaryl/α,β-unsaturated/α-hetero) is 1. The first kappa shape index (κ1) is 23.0. The second-order valence-corrected chi connectivity index (χ2v) is 7.71. The van der Waals surface area contributed by atoms with Crippen molar-refractivity contribution in [3.8, 4) is 17.2 Å². The highest BCUT2D eigenvalue weighted by atomic mass is 32.1. The molecular weight excluding hydrogens is 430 g/mol. The van der Waals surface area contributed by atoms with Gasteiger partial charge in [0.1, 0.15) is 17.2 Å². The zero-order chi connectivity index (χ0) is 22.8. The number of esters is 1. The molecule has 0 saturated carbocycles. The standard InChI is InChI=1S/C24H23NO6S/c1-29-18-11-13-20(14-12-18)31-19-9-7-17(8-10-19)25-23(27)5-2-6-24(28)30-16-21(26)22-4-3-15-32-22/h3-4,7-15H,2,5-6,16H2,1H3,(H,25,27). The number of rotatable bonds is 11. The van der Waals surface area contributed by atoms with Crippen LogP contribution in [0.2, 0.25) is 0 Å². The van der Waals surface area contributed by atoms with Gasteiger partial charge in [-0.25, -0.2) is 0 Å². The summed E-state index contributed by atoms with van der Waals surface area (Å²) in [6.07, 6.45) is 0.564. The highest BCUT2D eigenvalue weighted by Gasteiger charge is 2.11. The van der Waals surface area contributed by atoms with E-state index in [1.807, 2.05) is 0 Å². The van der Waals surface area contributed by atoms with Gasteiger partial charge in [0.15, 0.2) is 6.61 Å². The number of hydrogen-bond acceptors (Lipinski definition) is 7. The molecule has 7 nitrogen and oxygen atoms in total. The molecule has 0 unspecified atom stereocenters. The van der Waals surface area contributed by atoms with Gasteiger partial charge in [0.2, 0.25) is 11.7 Å². The summed E-state index contributed by atoms with van der Waals surface area (Å²) in [6, 6.07) is 17.6. The molecule has 166 valence electrons. The third kappa shape index (κ3) is 7.24. The fraction of sp³-hybridized carbons (Fsp3) is 0.208. The van der Waals surface area contributed by atoms with Crippen molar-refractivity contribution in [2.45, 2.75) is 19.3 Å². The number of carbonyl (C=O) groups excluding carboxylic acids is 3. The summed E-state index contributed by atoms with van der Waals surface area (Å²) in [4.78, 5) is 36.2. The van der Waals surface area contributed by atoms with Crippen LogP contribution in [0.1, 0.15) is 28.9 Å². The van der Waals surface area contributed by atoms with Crippen molar-refractivity contribution in [3.63, 3.8) is 0 Å². The summed E-state index contributed by atoms with van der Waals surface area (Å²) in [5.74, 6) is 1.11. The van der Waals surface area contributed by atoms with E-state index in [-0.39, 0.29) is 31.1 Å². The monoisotopic (exact) mass is 453 g/mol. The molecule has 0 aliphatic carbocycles. The van der Waals surface area contributed by atoms with Crippen molar-refractivity contribution >= 4 is 34.7 Å². The molecule has 1 N–H and O–H groups in total. The Hall–Kier alpha value is -3.65. The van der Waals surface area contributed by atoms with E-state index in [9.17, 15) is 14.4 Å². The summed E-state index contributed by atoms with van der Waals surface area (Å²) in [6.45, 7) is -0.281. The van der Waals surface area contributed by atoms with Gasteiger partial charge < -0.3 is 19.5 Å². The van der Waals surface area contributed by atoms with Crippen LogP contribution in [0.5, 0.6) is 17.2 Å². The number of carbonyl (C=O) groups is 3. The van der Waals surface area contributed by atoms with Gasteiger partial charge in [0.25, 0.3) is 0 Å². The fourth-order valence-electron chi connectivity index (χ4n) is 2.73. The average molecular weight is 454 g/mol. The molecule has 0 aliphatic rings. The first-order valence-corrected chi connectivity index (χ1v) is 10.9. The Labute approximate surface area is 189 Å². The van der Waals surface area contributed by atoms with E-state index in [2.05, 4.69) is 5.32 Å². The molecule has 1 amide bonds. The van der Waals surface area contributed by atoms with Crippen molar-refractivity contribution in [2.24, 2.45) is 0 Å². The van der Waals surface area contributed by atoms with Crippen LogP contribution in [0.25, 0.3) is 0 Å². The predicted molar refractivity (Wildman–Crippen MR) is 122 cm³/mol. The molecular formula is C24H23NO6S. The minimum Gasteiger partial charge on any atom is -0.497 e. The fourth-order valence-corrected chi connectivity index (χ4v) is 3.38. The number of ether oxygens (including phenoxy) is 3. The number of anilines is 1. The van der Waals surface area contributed by atoms with Crippen molar-refractivity contribution in [1.82, 2.24) is 0 Å². The van der Waals surface area contributed by atoms with Gasteiger partial charge in [-0.05, 0) is 66.4 Å². The Balaban J connectivity index is 1.35. The predicted octanol–water partition coefficient (Wildman–Crippen LogP) is 5.08. The van der Waals surface area contributed by atoms with Crippen LogP contribution >= 0.6 is 11.3 Å². The molecule has 0 bridgehead atoms. The van der Waals surface area contributed by atoms with E-state index in [0.717, 1.165) is 5.75 Å². The van der Waals surface area contributed by atoms with Crippen LogP contribution in [0.3, 0.4) is 0 Å². The quantitative estimate of drug-likeness (QED) is 0.321. The minimum atomic E-state index is -0.497. The Morgan fingerprint density at radius 1 is 0.875 bits per heavy atom. The maximum atomic E-state index is 12.1. The SMILES string of the molecule is COc1ccc(Oc2ccc(NC(=O)CCCC(=O)OCC(=O)c3cccs3)cc2)cc1. The van der Waals surface area contributed by atoms with Crippen LogP contribution in [-0.2, 0) is 14.3 Å². The van der Waals surface area contributed by atoms with Crippen molar-refractivity contribution in [1.29, 1.82) is 0 Å². The molecule has 0 radical (unpaired) electrons. The Kier molecular flexibility index (Phi) is 8.39. The van der Waals surface area contributed by atoms with Gasteiger partial charge >= 0.3 is 5.97 Å². The molecule has 1 aromatic heterocycles. The number of methoxy groups -OCH3 is 1. The van der Waals surface area contributed by atoms with E-state index in [0.29, 0.717) is 28.5 Å². The Morgan fingerprint density at radius 3 is 2.16 bits per heavy atom. The number of benzene rings is 2. The molecule has 3 rings (SSSR count). The summed E-state index contributed by atoms with van der Waals surface area (Å²) >= 11 is 1.30. The van der Waals surface area contributed by atoms with Gasteiger partial charge in [0.05, 0.1) is 12.0 Å². The lowest BCUT2D eigenvalue weighted by molar-refractivity contribution is -0.142. The Bertz CT molecular complexity index is 1030. The normalized spacial score (nSPS) is 10.3. The first-order valence-electron chi connectivity index (χ1n) is 9.97. The topological polar surface area (TPSA) is 90.9 Å². The zero-order valence-corrected chi connectivity index (χ0v) is 18.4. The second-order valence-electron chi connectivity index (χ2n) is 6.76. The molecule has 3 aromatic rings. The number of hydrogen-bond donors (Lipinski definition) is 1. The highest BCUT2D eigenvalue weighted by molar-refractivity contribution is 7.12. The summed E-state index contributed by atoms with van der Waals surface area (Å²) in [5.41, 5.74) is 0.626. The lowest BCUT2D eigenvalue weighted by atomic mass is 10.2. The molecule has 32 heavy (non-hydrogen) atoms. The highest BCUT2D eigenvalue weighted by Crippen LogP contribution is 2.25. The van der Waals surface area contributed by atoms with Crippen LogP contribution < -0.4 is 14.8 Å². The first-order chi connectivity index (χ1) is 15.5. The van der Waals surface area contributed by atoms with Gasteiger partial charge in [0, 0.05) is 18.5 Å². The summed E-state index contributed by atoms with van der Waals surface area (Å²) in [7, 11) is 1.60. The smallest absolute Gasteiger partial charge is 0.306 e. The van der Waals surface area contributed by atoms with Crippen LogP contribution in [-0.4, -0.2) is 31.4 Å². The summed E-state index contributed by atoms with van der Waals surface area (Å²) in [5, 5.41) is 4.56. The largest absolute Gasteiger partial charge is 0.497 e. The number of nitrogens with one attached hydrogen (secondary N) is 1. The Morgan fingerprint density at radius 2 is 1.53 bits per heavy atom. The maximum absolute atomic E-state index is 12.1. The van der Waals surface area contributed by atoms with Crippen molar-refractivity contribution in [2.75, 3.05) is 19.0 Å². The molecule has 8 heteroatoms. The molecule has 2 aromatic carbocycles. The molecule has 1 heterocycles. The number of thiophene rings is 1. The molecule has 0 aliphatic heterocycles. The maximum Gasteiger partial charge on any atom is 0.306 e. The van der Waals surface area contributed by atoms with Gasteiger partial charge in [-0.1, -0.05) is 6.07 Å². The van der Waals surface area contributed by atoms with Crippen LogP contribution in [0.15, 0.2) is 66.0 Å². The van der Waals surface area contributed by atoms with E-state index < -0.39 is 5.97 Å². The van der Waals surface area contributed by atoms with Gasteiger partial charge in [-0.15, -0.1) is 11.3 Å².